The predicted octanol–water partition coefficient (Wildman–Crippen LogP) is 1.32. The summed E-state index contributed by atoms with van der Waals surface area (Å²) in [7, 11) is 0. The molecule has 88 valence electrons. The first-order valence-corrected chi connectivity index (χ1v) is 5.40. The number of benzene rings is 1. The van der Waals surface area contributed by atoms with E-state index in [1.165, 1.54) is 16.8 Å². The lowest BCUT2D eigenvalue weighted by atomic mass is 9.94. The average Bonchev–Trinajstić information content (AvgIpc) is 2.33. The number of H-pyrrole nitrogens is 1. The minimum absolute atomic E-state index is 0.224. The summed E-state index contributed by atoms with van der Waals surface area (Å²) < 4.78 is 1.35. The van der Waals surface area contributed by atoms with Gasteiger partial charge in [-0.1, -0.05) is 30.3 Å². The lowest BCUT2D eigenvalue weighted by Crippen LogP contribution is -2.41. The molecule has 0 amide bonds. The summed E-state index contributed by atoms with van der Waals surface area (Å²) >= 11 is 0. The monoisotopic (exact) mass is 230 g/mol. The summed E-state index contributed by atoms with van der Waals surface area (Å²) in [6, 6.07) is 12.1. The van der Waals surface area contributed by atoms with Crippen LogP contribution in [0.15, 0.2) is 52.1 Å². The Balaban J connectivity index is 2.63. The molecule has 1 aromatic heterocycles. The summed E-state index contributed by atoms with van der Waals surface area (Å²) in [5.74, 6) is 0. The van der Waals surface area contributed by atoms with Gasteiger partial charge in [-0.25, -0.2) is 4.68 Å². The Hall–Kier alpha value is -2.10. The molecule has 0 bridgehead atoms. The van der Waals surface area contributed by atoms with Gasteiger partial charge in [-0.15, -0.1) is 0 Å². The number of aromatic amines is 1. The normalized spacial score (nSPS) is 11.4. The second-order valence-corrected chi connectivity index (χ2v) is 4.41. The first-order valence-electron chi connectivity index (χ1n) is 5.40. The van der Waals surface area contributed by atoms with E-state index in [-0.39, 0.29) is 11.1 Å². The maximum Gasteiger partial charge on any atom is 0.266 e. The topological polar surface area (TPSA) is 54.9 Å². The van der Waals surface area contributed by atoms with E-state index >= 15 is 0 Å². The Labute approximate surface area is 98.5 Å². The maximum atomic E-state index is 11.8. The van der Waals surface area contributed by atoms with E-state index in [0.29, 0.717) is 0 Å². The van der Waals surface area contributed by atoms with Crippen LogP contribution in [0, 0.1) is 0 Å². The second-order valence-electron chi connectivity index (χ2n) is 4.41. The first kappa shape index (κ1) is 11.4. The third-order valence-corrected chi connectivity index (χ3v) is 2.86. The third kappa shape index (κ3) is 2.06. The van der Waals surface area contributed by atoms with Gasteiger partial charge in [0.25, 0.3) is 11.1 Å². The highest BCUT2D eigenvalue weighted by Gasteiger charge is 2.24. The molecule has 4 nitrogen and oxygen atoms in total. The van der Waals surface area contributed by atoms with E-state index in [4.69, 9.17) is 0 Å². The van der Waals surface area contributed by atoms with Crippen LogP contribution in [0.25, 0.3) is 0 Å². The van der Waals surface area contributed by atoms with Crippen molar-refractivity contribution < 1.29 is 0 Å². The molecule has 2 rings (SSSR count). The minimum atomic E-state index is -0.585. The minimum Gasteiger partial charge on any atom is -0.268 e. The van der Waals surface area contributed by atoms with Crippen LogP contribution in [0.2, 0.25) is 0 Å². The molecule has 0 spiro atoms. The lowest BCUT2D eigenvalue weighted by Gasteiger charge is -2.27. The van der Waals surface area contributed by atoms with Gasteiger partial charge in [0.2, 0.25) is 0 Å². The Morgan fingerprint density at radius 1 is 1.00 bits per heavy atom. The highest BCUT2D eigenvalue weighted by Crippen LogP contribution is 2.21. The summed E-state index contributed by atoms with van der Waals surface area (Å²) in [6.07, 6.45) is 0. The first-order chi connectivity index (χ1) is 8.01. The number of aromatic nitrogens is 2. The molecule has 0 saturated carbocycles. The van der Waals surface area contributed by atoms with Crippen LogP contribution >= 0.6 is 0 Å². The van der Waals surface area contributed by atoms with Crippen LogP contribution in [0.3, 0.4) is 0 Å². The molecule has 0 fully saturated rings. The van der Waals surface area contributed by atoms with E-state index in [2.05, 4.69) is 5.10 Å². The Bertz CT molecular complexity index is 624. The Morgan fingerprint density at radius 3 is 2.29 bits per heavy atom. The van der Waals surface area contributed by atoms with Crippen molar-refractivity contribution in [3.05, 3.63) is 68.7 Å². The summed E-state index contributed by atoms with van der Waals surface area (Å²) in [5.41, 5.74) is -0.130. The zero-order chi connectivity index (χ0) is 12.5. The maximum absolute atomic E-state index is 11.8. The number of hydrogen-bond acceptors (Lipinski definition) is 2. The van der Waals surface area contributed by atoms with Crippen molar-refractivity contribution >= 4 is 0 Å². The summed E-state index contributed by atoms with van der Waals surface area (Å²) in [5, 5.41) is 2.56. The van der Waals surface area contributed by atoms with E-state index in [1.54, 1.807) is 0 Å². The number of nitrogens with one attached hydrogen (secondary N) is 1. The van der Waals surface area contributed by atoms with E-state index in [9.17, 15) is 9.59 Å². The fraction of sp³-hybridized carbons (Fsp3) is 0.231. The van der Waals surface area contributed by atoms with Crippen molar-refractivity contribution in [3.63, 3.8) is 0 Å². The van der Waals surface area contributed by atoms with Crippen LogP contribution < -0.4 is 11.1 Å². The van der Waals surface area contributed by atoms with E-state index in [0.717, 1.165) is 5.56 Å². The molecule has 2 aromatic rings. The van der Waals surface area contributed by atoms with Gasteiger partial charge in [-0.2, -0.15) is 0 Å². The number of hydrogen-bond donors (Lipinski definition) is 1. The largest absolute Gasteiger partial charge is 0.268 e. The van der Waals surface area contributed by atoms with Crippen LogP contribution in [0.1, 0.15) is 19.4 Å². The zero-order valence-corrected chi connectivity index (χ0v) is 9.81. The number of rotatable bonds is 2. The van der Waals surface area contributed by atoms with Gasteiger partial charge in [0.15, 0.2) is 0 Å². The molecule has 0 aliphatic rings. The molecule has 1 heterocycles. The van der Waals surface area contributed by atoms with Gasteiger partial charge in [0.1, 0.15) is 0 Å². The average molecular weight is 230 g/mol. The smallest absolute Gasteiger partial charge is 0.266 e. The molecular weight excluding hydrogens is 216 g/mol. The van der Waals surface area contributed by atoms with Crippen molar-refractivity contribution in [2.45, 2.75) is 19.4 Å². The quantitative estimate of drug-likeness (QED) is 0.846. The van der Waals surface area contributed by atoms with Gasteiger partial charge in [0.05, 0.1) is 5.54 Å². The SMILES string of the molecule is CC(C)(c1ccccc1)n1[nH]c(=O)ccc1=O. The highest BCUT2D eigenvalue weighted by molar-refractivity contribution is 5.23. The van der Waals surface area contributed by atoms with Crippen LogP contribution in [-0.2, 0) is 5.54 Å². The van der Waals surface area contributed by atoms with E-state index < -0.39 is 5.54 Å². The fourth-order valence-electron chi connectivity index (χ4n) is 1.81. The Kier molecular flexibility index (Phi) is 2.71. The molecular formula is C13H14N2O2. The molecule has 1 N–H and O–H groups in total. The van der Waals surface area contributed by atoms with Crippen LogP contribution in [-0.4, -0.2) is 9.78 Å². The van der Waals surface area contributed by atoms with Crippen molar-refractivity contribution in [3.8, 4) is 0 Å². The standard InChI is InChI=1S/C13H14N2O2/c1-13(2,10-6-4-3-5-7-10)15-12(17)9-8-11(16)14-15/h3-9H,1-2H3,(H,14,16). The predicted molar refractivity (Wildman–Crippen MR) is 66.2 cm³/mol. The van der Waals surface area contributed by atoms with Gasteiger partial charge < -0.3 is 0 Å². The molecule has 0 aliphatic carbocycles. The van der Waals surface area contributed by atoms with Crippen molar-refractivity contribution in [1.82, 2.24) is 9.78 Å². The summed E-state index contributed by atoms with van der Waals surface area (Å²) in [6.45, 7) is 3.78. The highest BCUT2D eigenvalue weighted by atomic mass is 16.2. The fourth-order valence-corrected chi connectivity index (χ4v) is 1.81. The lowest BCUT2D eigenvalue weighted by molar-refractivity contribution is 0.367. The summed E-state index contributed by atoms with van der Waals surface area (Å²) in [4.78, 5) is 23.1. The third-order valence-electron chi connectivity index (χ3n) is 2.86. The van der Waals surface area contributed by atoms with Gasteiger partial charge in [0, 0.05) is 12.1 Å². The van der Waals surface area contributed by atoms with Crippen molar-refractivity contribution in [2.75, 3.05) is 0 Å². The van der Waals surface area contributed by atoms with Gasteiger partial charge in [-0.05, 0) is 19.4 Å². The molecule has 0 aliphatic heterocycles. The van der Waals surface area contributed by atoms with Gasteiger partial charge in [-0.3, -0.25) is 14.7 Å². The molecule has 1 aromatic carbocycles. The zero-order valence-electron chi connectivity index (χ0n) is 9.81. The van der Waals surface area contributed by atoms with Crippen LogP contribution in [0.5, 0.6) is 0 Å². The number of nitrogens with zero attached hydrogens (tertiary/aromatic N) is 1. The molecule has 17 heavy (non-hydrogen) atoms. The molecule has 0 unspecified atom stereocenters. The van der Waals surface area contributed by atoms with E-state index in [1.807, 2.05) is 44.2 Å². The molecule has 0 saturated heterocycles. The van der Waals surface area contributed by atoms with Gasteiger partial charge >= 0.3 is 0 Å². The molecule has 4 heteroatoms. The van der Waals surface area contributed by atoms with Crippen molar-refractivity contribution in [1.29, 1.82) is 0 Å². The second kappa shape index (κ2) is 4.05. The Morgan fingerprint density at radius 2 is 1.65 bits per heavy atom. The molecule has 0 radical (unpaired) electrons. The van der Waals surface area contributed by atoms with Crippen LogP contribution in [0.4, 0.5) is 0 Å². The van der Waals surface area contributed by atoms with Crippen molar-refractivity contribution in [2.24, 2.45) is 0 Å². The molecule has 0 atom stereocenters.